The molecule has 1 aromatic carbocycles. The first-order valence-corrected chi connectivity index (χ1v) is 11.0. The van der Waals surface area contributed by atoms with Crippen LogP contribution in [0.3, 0.4) is 0 Å². The van der Waals surface area contributed by atoms with Crippen LogP contribution >= 0.6 is 0 Å². The molecule has 2 aliphatic rings. The molecule has 1 atom stereocenters. The minimum atomic E-state index is -0.486. The summed E-state index contributed by atoms with van der Waals surface area (Å²) in [5.74, 6) is 1.25. The number of amides is 1. The number of para-hydroxylation sites is 2. The van der Waals surface area contributed by atoms with Crippen molar-refractivity contribution in [2.75, 3.05) is 18.5 Å². The Hall–Kier alpha value is -2.57. The lowest BCUT2D eigenvalue weighted by molar-refractivity contribution is 0.00738. The van der Waals surface area contributed by atoms with E-state index < -0.39 is 5.60 Å². The number of carbonyl (C=O) groups excluding carboxylic acids is 1. The molecule has 162 valence electrons. The Morgan fingerprint density at radius 1 is 1.13 bits per heavy atom. The van der Waals surface area contributed by atoms with Crippen LogP contribution in [0, 0.1) is 0 Å². The number of ether oxygens (including phenoxy) is 2. The predicted octanol–water partition coefficient (Wildman–Crippen LogP) is 4.76. The summed E-state index contributed by atoms with van der Waals surface area (Å²) in [7, 11) is 0. The number of rotatable bonds is 6. The fraction of sp³-hybridized carbons (Fsp3) is 0.609. The molecular weight excluding hydrogens is 380 g/mol. The second-order valence-corrected chi connectivity index (χ2v) is 9.25. The first-order valence-electron chi connectivity index (χ1n) is 11.0. The molecule has 1 saturated heterocycles. The highest BCUT2D eigenvalue weighted by atomic mass is 16.6. The molecule has 0 bridgehead atoms. The third-order valence-electron chi connectivity index (χ3n) is 5.40. The molecule has 1 aromatic heterocycles. The van der Waals surface area contributed by atoms with E-state index in [9.17, 15) is 4.79 Å². The highest BCUT2D eigenvalue weighted by Gasteiger charge is 2.30. The monoisotopic (exact) mass is 412 g/mol. The molecule has 30 heavy (non-hydrogen) atoms. The molecule has 1 aliphatic carbocycles. The molecule has 2 heterocycles. The lowest BCUT2D eigenvalue weighted by Crippen LogP contribution is -2.46. The van der Waals surface area contributed by atoms with E-state index in [0.29, 0.717) is 24.3 Å². The Labute approximate surface area is 178 Å². The highest BCUT2D eigenvalue weighted by molar-refractivity contribution is 5.77. The quantitative estimate of drug-likeness (QED) is 0.737. The van der Waals surface area contributed by atoms with E-state index in [0.717, 1.165) is 56.1 Å². The van der Waals surface area contributed by atoms with Gasteiger partial charge >= 0.3 is 6.09 Å². The third-order valence-corrected chi connectivity index (χ3v) is 5.40. The van der Waals surface area contributed by atoms with Gasteiger partial charge in [-0.2, -0.15) is 0 Å². The highest BCUT2D eigenvalue weighted by Crippen LogP contribution is 2.30. The third kappa shape index (κ3) is 5.32. The van der Waals surface area contributed by atoms with Crippen LogP contribution in [-0.2, 0) is 4.74 Å². The smallest absolute Gasteiger partial charge is 0.410 e. The van der Waals surface area contributed by atoms with Crippen molar-refractivity contribution in [1.29, 1.82) is 0 Å². The van der Waals surface area contributed by atoms with Crippen molar-refractivity contribution in [3.63, 3.8) is 0 Å². The van der Waals surface area contributed by atoms with Crippen molar-refractivity contribution in [3.8, 4) is 5.88 Å². The lowest BCUT2D eigenvalue weighted by atomic mass is 10.0. The van der Waals surface area contributed by atoms with Crippen LogP contribution in [0.2, 0.25) is 0 Å². The number of carbonyl (C=O) groups is 1. The topological polar surface area (TPSA) is 76.6 Å². The summed E-state index contributed by atoms with van der Waals surface area (Å²) in [6.07, 6.45) is 5.93. The number of hydrogen-bond donors (Lipinski definition) is 1. The van der Waals surface area contributed by atoms with Gasteiger partial charge in [0.25, 0.3) is 5.88 Å². The second-order valence-electron chi connectivity index (χ2n) is 9.25. The van der Waals surface area contributed by atoms with Gasteiger partial charge in [-0.15, -0.1) is 0 Å². The van der Waals surface area contributed by atoms with Gasteiger partial charge in [-0.3, -0.25) is 0 Å². The van der Waals surface area contributed by atoms with Crippen molar-refractivity contribution in [1.82, 2.24) is 14.9 Å². The van der Waals surface area contributed by atoms with Crippen LogP contribution in [0.1, 0.15) is 59.3 Å². The van der Waals surface area contributed by atoms with Gasteiger partial charge in [-0.1, -0.05) is 12.1 Å². The molecule has 0 radical (unpaired) electrons. The summed E-state index contributed by atoms with van der Waals surface area (Å²) in [6.45, 7) is 6.93. The molecule has 1 aliphatic heterocycles. The van der Waals surface area contributed by atoms with Gasteiger partial charge in [-0.05, 0) is 65.0 Å². The summed E-state index contributed by atoms with van der Waals surface area (Å²) in [5.41, 5.74) is 1.19. The van der Waals surface area contributed by atoms with Gasteiger partial charge in [-0.25, -0.2) is 14.8 Å². The van der Waals surface area contributed by atoms with Gasteiger partial charge in [0.2, 0.25) is 0 Å². The van der Waals surface area contributed by atoms with E-state index in [-0.39, 0.29) is 12.1 Å². The number of benzene rings is 1. The van der Waals surface area contributed by atoms with Gasteiger partial charge in [0, 0.05) is 25.0 Å². The molecule has 2 fully saturated rings. The maximum Gasteiger partial charge on any atom is 0.410 e. The average molecular weight is 413 g/mol. The zero-order chi connectivity index (χ0) is 21.1. The van der Waals surface area contributed by atoms with Crippen molar-refractivity contribution in [2.24, 2.45) is 0 Å². The summed E-state index contributed by atoms with van der Waals surface area (Å²) < 4.78 is 11.7. The summed E-state index contributed by atoms with van der Waals surface area (Å²) >= 11 is 0. The Morgan fingerprint density at radius 3 is 2.57 bits per heavy atom. The lowest BCUT2D eigenvalue weighted by Gasteiger charge is -2.36. The summed E-state index contributed by atoms with van der Waals surface area (Å²) in [4.78, 5) is 23.9. The number of likely N-dealkylation sites (tertiary alicyclic amines) is 1. The molecular formula is C23H32N4O3. The number of aromatic nitrogens is 2. The van der Waals surface area contributed by atoms with Crippen molar-refractivity contribution in [3.05, 3.63) is 24.3 Å². The zero-order valence-corrected chi connectivity index (χ0v) is 18.2. The molecule has 2 aromatic rings. The first kappa shape index (κ1) is 20.7. The second kappa shape index (κ2) is 8.66. The van der Waals surface area contributed by atoms with Crippen LogP contribution in [0.5, 0.6) is 5.88 Å². The Morgan fingerprint density at radius 2 is 1.87 bits per heavy atom. The number of nitrogens with zero attached hydrogens (tertiary/aromatic N) is 3. The van der Waals surface area contributed by atoms with Crippen LogP contribution < -0.4 is 10.1 Å². The number of piperidine rings is 1. The normalized spacial score (nSPS) is 19.6. The van der Waals surface area contributed by atoms with Crippen LogP contribution in [0.25, 0.3) is 11.0 Å². The van der Waals surface area contributed by atoms with Gasteiger partial charge < -0.3 is 19.7 Å². The van der Waals surface area contributed by atoms with Crippen LogP contribution in [0.4, 0.5) is 10.6 Å². The van der Waals surface area contributed by atoms with E-state index in [1.165, 1.54) is 0 Å². The molecule has 7 heteroatoms. The fourth-order valence-electron chi connectivity index (χ4n) is 3.75. The molecule has 1 amide bonds. The zero-order valence-electron chi connectivity index (χ0n) is 18.2. The van der Waals surface area contributed by atoms with Crippen molar-refractivity contribution < 1.29 is 14.3 Å². The molecule has 1 N–H and O–H groups in total. The Bertz CT molecular complexity index is 892. The number of anilines is 1. The van der Waals surface area contributed by atoms with Gasteiger partial charge in [0.05, 0.1) is 17.6 Å². The molecule has 0 spiro atoms. The standard InChI is InChI=1S/C23H32N4O3/c1-23(2,3)30-22(28)27-14-7-6-8-17(27)13-15-29-21-20(24-16-11-12-16)25-18-9-4-5-10-19(18)26-21/h4-5,9-10,16-17H,6-8,11-15H2,1-3H3,(H,24,25). The Kier molecular flexibility index (Phi) is 5.97. The van der Waals surface area contributed by atoms with Crippen molar-refractivity contribution >= 4 is 22.9 Å². The van der Waals surface area contributed by atoms with Gasteiger partial charge in [0.15, 0.2) is 5.82 Å². The van der Waals surface area contributed by atoms with Crippen LogP contribution in [0.15, 0.2) is 24.3 Å². The van der Waals surface area contributed by atoms with E-state index in [2.05, 4.69) is 10.3 Å². The number of fused-ring (bicyclic) bond motifs is 1. The first-order chi connectivity index (χ1) is 14.4. The van der Waals surface area contributed by atoms with Crippen molar-refractivity contribution in [2.45, 2.75) is 77.0 Å². The largest absolute Gasteiger partial charge is 0.475 e. The predicted molar refractivity (Wildman–Crippen MR) is 117 cm³/mol. The van der Waals surface area contributed by atoms with E-state index in [4.69, 9.17) is 14.5 Å². The van der Waals surface area contributed by atoms with Crippen LogP contribution in [-0.4, -0.2) is 51.8 Å². The number of hydrogen-bond acceptors (Lipinski definition) is 6. The maximum absolute atomic E-state index is 12.6. The van der Waals surface area contributed by atoms with E-state index in [1.807, 2.05) is 49.9 Å². The summed E-state index contributed by atoms with van der Waals surface area (Å²) in [6, 6.07) is 8.42. The average Bonchev–Trinajstić information content (AvgIpc) is 3.51. The molecule has 7 nitrogen and oxygen atoms in total. The Balaban J connectivity index is 1.42. The minimum Gasteiger partial charge on any atom is -0.475 e. The molecule has 1 unspecified atom stereocenters. The minimum absolute atomic E-state index is 0.127. The van der Waals surface area contributed by atoms with E-state index >= 15 is 0 Å². The number of nitrogens with one attached hydrogen (secondary N) is 1. The van der Waals surface area contributed by atoms with E-state index in [1.54, 1.807) is 0 Å². The fourth-order valence-corrected chi connectivity index (χ4v) is 3.75. The summed E-state index contributed by atoms with van der Waals surface area (Å²) in [5, 5.41) is 3.43. The SMILES string of the molecule is CC(C)(C)OC(=O)N1CCCCC1CCOc1nc2ccccc2nc1NC1CC1. The maximum atomic E-state index is 12.6. The molecule has 4 rings (SSSR count). The van der Waals surface area contributed by atoms with Gasteiger partial charge in [0.1, 0.15) is 5.60 Å². The molecule has 1 saturated carbocycles.